The number of hydrogen-bond acceptors (Lipinski definition) is 4. The second-order valence-electron chi connectivity index (χ2n) is 5.16. The SMILES string of the molecule is CCCCCCCOCOC(OC)=C(CCCCC)OC. The topological polar surface area (TPSA) is 36.9 Å². The van der Waals surface area contributed by atoms with Crippen LogP contribution in [0.3, 0.4) is 0 Å². The van der Waals surface area contributed by atoms with Crippen molar-refractivity contribution < 1.29 is 18.9 Å². The third kappa shape index (κ3) is 11.4. The Hall–Kier alpha value is -0.900. The molecule has 0 unspecified atom stereocenters. The first-order valence-electron chi connectivity index (χ1n) is 8.31. The summed E-state index contributed by atoms with van der Waals surface area (Å²) < 4.78 is 21.6. The average Bonchev–Trinajstić information content (AvgIpc) is 2.51. The van der Waals surface area contributed by atoms with Gasteiger partial charge in [-0.05, 0) is 12.8 Å². The summed E-state index contributed by atoms with van der Waals surface area (Å²) in [5.74, 6) is 1.21. The standard InChI is InChI=1S/C17H34O4/c1-5-7-9-10-12-14-20-15-21-17(19-4)16(18-3)13-11-8-6-2/h5-15H2,1-4H3. The predicted octanol–water partition coefficient (Wildman–Crippen LogP) is 4.99. The molecule has 0 bridgehead atoms. The second kappa shape index (κ2) is 15.5. The van der Waals surface area contributed by atoms with Gasteiger partial charge in [-0.15, -0.1) is 0 Å². The third-order valence-corrected chi connectivity index (χ3v) is 3.33. The highest BCUT2D eigenvalue weighted by Gasteiger charge is 2.09. The summed E-state index contributed by atoms with van der Waals surface area (Å²) in [4.78, 5) is 0. The van der Waals surface area contributed by atoms with Crippen molar-refractivity contribution in [3.05, 3.63) is 11.7 Å². The van der Waals surface area contributed by atoms with E-state index >= 15 is 0 Å². The van der Waals surface area contributed by atoms with Crippen molar-refractivity contribution in [1.29, 1.82) is 0 Å². The van der Waals surface area contributed by atoms with Crippen LogP contribution in [0.15, 0.2) is 11.7 Å². The molecule has 0 spiro atoms. The van der Waals surface area contributed by atoms with E-state index in [1.807, 2.05) is 0 Å². The maximum atomic E-state index is 5.51. The lowest BCUT2D eigenvalue weighted by molar-refractivity contribution is -0.0747. The van der Waals surface area contributed by atoms with Crippen molar-refractivity contribution in [3.63, 3.8) is 0 Å². The van der Waals surface area contributed by atoms with Crippen LogP contribution >= 0.6 is 0 Å². The van der Waals surface area contributed by atoms with Gasteiger partial charge in [-0.1, -0.05) is 52.4 Å². The van der Waals surface area contributed by atoms with E-state index in [0.717, 1.165) is 31.6 Å². The van der Waals surface area contributed by atoms with Crippen LogP contribution in [-0.4, -0.2) is 27.6 Å². The van der Waals surface area contributed by atoms with Gasteiger partial charge in [0.25, 0.3) is 0 Å². The van der Waals surface area contributed by atoms with Gasteiger partial charge in [-0.25, -0.2) is 0 Å². The molecule has 126 valence electrons. The van der Waals surface area contributed by atoms with Crippen molar-refractivity contribution >= 4 is 0 Å². The average molecular weight is 302 g/mol. The maximum absolute atomic E-state index is 5.51. The first-order chi connectivity index (χ1) is 10.3. The minimum atomic E-state index is 0.220. The highest BCUT2D eigenvalue weighted by molar-refractivity contribution is 4.94. The Labute approximate surface area is 130 Å². The van der Waals surface area contributed by atoms with E-state index in [1.165, 1.54) is 38.5 Å². The summed E-state index contributed by atoms with van der Waals surface area (Å²) in [6.45, 7) is 5.35. The van der Waals surface area contributed by atoms with Gasteiger partial charge in [-0.2, -0.15) is 0 Å². The molecule has 0 fully saturated rings. The van der Waals surface area contributed by atoms with E-state index in [2.05, 4.69) is 13.8 Å². The summed E-state index contributed by atoms with van der Waals surface area (Å²) in [5, 5.41) is 0. The van der Waals surface area contributed by atoms with E-state index in [0.29, 0.717) is 5.95 Å². The fourth-order valence-electron chi connectivity index (χ4n) is 2.04. The Bertz CT molecular complexity index is 251. The molecule has 0 aliphatic rings. The molecule has 0 aromatic heterocycles. The summed E-state index contributed by atoms with van der Waals surface area (Å²) in [6, 6.07) is 0. The third-order valence-electron chi connectivity index (χ3n) is 3.33. The smallest absolute Gasteiger partial charge is 0.320 e. The van der Waals surface area contributed by atoms with Crippen molar-refractivity contribution in [2.24, 2.45) is 0 Å². The summed E-state index contributed by atoms with van der Waals surface area (Å²) >= 11 is 0. The van der Waals surface area contributed by atoms with Gasteiger partial charge >= 0.3 is 5.95 Å². The van der Waals surface area contributed by atoms with Gasteiger partial charge in [-0.3, -0.25) is 0 Å². The quantitative estimate of drug-likeness (QED) is 0.242. The first-order valence-corrected chi connectivity index (χ1v) is 8.31. The summed E-state index contributed by atoms with van der Waals surface area (Å²) in [6.07, 6.45) is 10.4. The highest BCUT2D eigenvalue weighted by Crippen LogP contribution is 2.16. The molecule has 0 aromatic carbocycles. The minimum absolute atomic E-state index is 0.220. The molecule has 0 amide bonds. The lowest BCUT2D eigenvalue weighted by Crippen LogP contribution is -2.06. The van der Waals surface area contributed by atoms with Crippen molar-refractivity contribution in [2.75, 3.05) is 27.6 Å². The lowest BCUT2D eigenvalue weighted by atomic mass is 10.2. The number of unbranched alkanes of at least 4 members (excludes halogenated alkanes) is 6. The van der Waals surface area contributed by atoms with Gasteiger partial charge in [0.1, 0.15) is 0 Å². The first kappa shape index (κ1) is 20.1. The van der Waals surface area contributed by atoms with Gasteiger partial charge in [0.05, 0.1) is 20.8 Å². The second-order valence-corrected chi connectivity index (χ2v) is 5.16. The van der Waals surface area contributed by atoms with Crippen LogP contribution in [0.1, 0.15) is 71.6 Å². The lowest BCUT2D eigenvalue weighted by Gasteiger charge is -2.14. The van der Waals surface area contributed by atoms with E-state index in [-0.39, 0.29) is 6.79 Å². The predicted molar refractivity (Wildman–Crippen MR) is 85.8 cm³/mol. The molecule has 4 heteroatoms. The van der Waals surface area contributed by atoms with Crippen molar-refractivity contribution in [3.8, 4) is 0 Å². The van der Waals surface area contributed by atoms with Crippen LogP contribution in [-0.2, 0) is 18.9 Å². The molecule has 0 aliphatic carbocycles. The Morgan fingerprint density at radius 3 is 2.05 bits per heavy atom. The maximum Gasteiger partial charge on any atom is 0.320 e. The highest BCUT2D eigenvalue weighted by atomic mass is 16.7. The van der Waals surface area contributed by atoms with Crippen LogP contribution < -0.4 is 0 Å². The summed E-state index contributed by atoms with van der Waals surface area (Å²) in [7, 11) is 3.25. The number of hydrogen-bond donors (Lipinski definition) is 0. The van der Waals surface area contributed by atoms with Crippen LogP contribution in [0, 0.1) is 0 Å². The number of ether oxygens (including phenoxy) is 4. The molecule has 0 saturated heterocycles. The molecule has 0 atom stereocenters. The fourth-order valence-corrected chi connectivity index (χ4v) is 2.04. The Balaban J connectivity index is 3.84. The number of rotatable bonds is 15. The van der Waals surface area contributed by atoms with Gasteiger partial charge in [0, 0.05) is 6.42 Å². The van der Waals surface area contributed by atoms with Crippen LogP contribution in [0.2, 0.25) is 0 Å². The molecule has 0 rings (SSSR count). The monoisotopic (exact) mass is 302 g/mol. The van der Waals surface area contributed by atoms with Gasteiger partial charge in [0.15, 0.2) is 12.6 Å². The van der Waals surface area contributed by atoms with E-state index < -0.39 is 0 Å². The Morgan fingerprint density at radius 2 is 1.43 bits per heavy atom. The molecule has 0 saturated carbocycles. The molecular weight excluding hydrogens is 268 g/mol. The molecule has 0 heterocycles. The largest absolute Gasteiger partial charge is 0.494 e. The van der Waals surface area contributed by atoms with Crippen molar-refractivity contribution in [1.82, 2.24) is 0 Å². The number of allylic oxidation sites excluding steroid dienone is 1. The molecule has 4 nitrogen and oxygen atoms in total. The summed E-state index contributed by atoms with van der Waals surface area (Å²) in [5.41, 5.74) is 0. The van der Waals surface area contributed by atoms with Crippen LogP contribution in [0.4, 0.5) is 0 Å². The van der Waals surface area contributed by atoms with Gasteiger partial charge in [0.2, 0.25) is 0 Å². The zero-order valence-electron chi connectivity index (χ0n) is 14.4. The zero-order valence-corrected chi connectivity index (χ0v) is 14.4. The van der Waals surface area contributed by atoms with E-state index in [9.17, 15) is 0 Å². The molecule has 0 aliphatic heterocycles. The molecular formula is C17H34O4. The van der Waals surface area contributed by atoms with Gasteiger partial charge < -0.3 is 18.9 Å². The molecule has 0 N–H and O–H groups in total. The van der Waals surface area contributed by atoms with Crippen LogP contribution in [0.25, 0.3) is 0 Å². The van der Waals surface area contributed by atoms with Crippen LogP contribution in [0.5, 0.6) is 0 Å². The molecule has 21 heavy (non-hydrogen) atoms. The molecule has 0 aromatic rings. The van der Waals surface area contributed by atoms with E-state index in [4.69, 9.17) is 18.9 Å². The van der Waals surface area contributed by atoms with Crippen molar-refractivity contribution in [2.45, 2.75) is 71.6 Å². The Kier molecular flexibility index (Phi) is 14.8. The minimum Gasteiger partial charge on any atom is -0.494 e. The normalized spacial score (nSPS) is 12.0. The number of methoxy groups -OCH3 is 2. The Morgan fingerprint density at radius 1 is 0.762 bits per heavy atom. The molecule has 0 radical (unpaired) electrons. The zero-order chi connectivity index (χ0) is 15.8. The fraction of sp³-hybridized carbons (Fsp3) is 0.882. The van der Waals surface area contributed by atoms with E-state index in [1.54, 1.807) is 14.2 Å².